The quantitative estimate of drug-likeness (QED) is 0.670. The summed E-state index contributed by atoms with van der Waals surface area (Å²) in [4.78, 5) is 11.3. The van der Waals surface area contributed by atoms with Gasteiger partial charge in [0.25, 0.3) is 0 Å². The van der Waals surface area contributed by atoms with Gasteiger partial charge in [0.2, 0.25) is 0 Å². The van der Waals surface area contributed by atoms with Gasteiger partial charge in [-0.3, -0.25) is 4.79 Å². The minimum atomic E-state index is -0.697. The van der Waals surface area contributed by atoms with Crippen molar-refractivity contribution in [3.63, 3.8) is 0 Å². The van der Waals surface area contributed by atoms with Gasteiger partial charge in [0, 0.05) is 0 Å². The van der Waals surface area contributed by atoms with Crippen molar-refractivity contribution in [2.75, 3.05) is 7.11 Å². The Kier molecular flexibility index (Phi) is 3.56. The van der Waals surface area contributed by atoms with Crippen LogP contribution in [0.25, 0.3) is 0 Å². The van der Waals surface area contributed by atoms with E-state index >= 15 is 0 Å². The number of methoxy groups -OCH3 is 1. The van der Waals surface area contributed by atoms with Crippen molar-refractivity contribution in [3.8, 4) is 11.5 Å². The second-order valence-corrected chi connectivity index (χ2v) is 5.83. The number of aromatic hydroxyl groups is 1. The lowest BCUT2D eigenvalue weighted by Crippen LogP contribution is -2.41. The van der Waals surface area contributed by atoms with Crippen LogP contribution < -0.4 is 10.2 Å². The minimum absolute atomic E-state index is 0.128. The van der Waals surface area contributed by atoms with E-state index in [0.29, 0.717) is 11.7 Å². The van der Waals surface area contributed by atoms with Gasteiger partial charge in [0.15, 0.2) is 17.8 Å². The fourth-order valence-corrected chi connectivity index (χ4v) is 2.07. The monoisotopic (exact) mass is 278 g/mol. The summed E-state index contributed by atoms with van der Waals surface area (Å²) in [6.45, 7) is 7.71. The second-order valence-electron chi connectivity index (χ2n) is 5.83. The number of hydrogen-bond donors (Lipinski definition) is 1. The lowest BCUT2D eigenvalue weighted by molar-refractivity contribution is 0.00578. The van der Waals surface area contributed by atoms with Gasteiger partial charge in [0.05, 0.1) is 23.9 Å². The first kappa shape index (κ1) is 14.9. The Morgan fingerprint density at radius 2 is 1.75 bits per heavy atom. The van der Waals surface area contributed by atoms with Gasteiger partial charge in [0.1, 0.15) is 0 Å². The van der Waals surface area contributed by atoms with Crippen LogP contribution in [-0.2, 0) is 9.31 Å². The Morgan fingerprint density at radius 1 is 1.20 bits per heavy atom. The van der Waals surface area contributed by atoms with E-state index < -0.39 is 18.3 Å². The SMILES string of the molecule is COc1ccc(B2OC(C)(C)C(C)(C)O2)c(C=O)c1O. The molecule has 108 valence electrons. The first-order valence-corrected chi connectivity index (χ1v) is 6.44. The van der Waals surface area contributed by atoms with Gasteiger partial charge >= 0.3 is 7.12 Å². The van der Waals surface area contributed by atoms with E-state index in [9.17, 15) is 9.90 Å². The molecular weight excluding hydrogens is 259 g/mol. The van der Waals surface area contributed by atoms with Crippen molar-refractivity contribution in [2.45, 2.75) is 38.9 Å². The van der Waals surface area contributed by atoms with Gasteiger partial charge in [-0.1, -0.05) is 6.07 Å². The Labute approximate surface area is 119 Å². The second kappa shape index (κ2) is 4.79. The molecule has 0 amide bonds. The van der Waals surface area contributed by atoms with Crippen molar-refractivity contribution >= 4 is 18.9 Å². The molecule has 0 bridgehead atoms. The highest BCUT2D eigenvalue weighted by atomic mass is 16.7. The summed E-state index contributed by atoms with van der Waals surface area (Å²) in [5, 5.41) is 10.0. The molecule has 0 aliphatic carbocycles. The van der Waals surface area contributed by atoms with Crippen LogP contribution in [0.3, 0.4) is 0 Å². The summed E-state index contributed by atoms with van der Waals surface area (Å²) in [5.41, 5.74) is -0.388. The summed E-state index contributed by atoms with van der Waals surface area (Å²) in [5.74, 6) is 0.0436. The molecule has 20 heavy (non-hydrogen) atoms. The average molecular weight is 278 g/mol. The van der Waals surface area contributed by atoms with E-state index in [1.54, 1.807) is 12.1 Å². The zero-order valence-corrected chi connectivity index (χ0v) is 12.4. The highest BCUT2D eigenvalue weighted by Crippen LogP contribution is 2.37. The molecule has 0 atom stereocenters. The van der Waals surface area contributed by atoms with Crippen LogP contribution in [0.2, 0.25) is 0 Å². The van der Waals surface area contributed by atoms with E-state index in [1.807, 2.05) is 27.7 Å². The third kappa shape index (κ3) is 2.19. The smallest absolute Gasteiger partial charge is 0.495 e. The molecule has 1 heterocycles. The number of phenolic OH excluding ortho intramolecular Hbond substituents is 1. The van der Waals surface area contributed by atoms with E-state index in [2.05, 4.69) is 0 Å². The topological polar surface area (TPSA) is 65.0 Å². The van der Waals surface area contributed by atoms with Crippen LogP contribution in [0.15, 0.2) is 12.1 Å². The normalized spacial score (nSPS) is 19.9. The molecule has 1 saturated heterocycles. The van der Waals surface area contributed by atoms with E-state index in [-0.39, 0.29) is 17.1 Å². The fraction of sp³-hybridized carbons (Fsp3) is 0.500. The molecule has 1 aromatic carbocycles. The molecule has 1 N–H and O–H groups in total. The van der Waals surface area contributed by atoms with Gasteiger partial charge in [-0.2, -0.15) is 0 Å². The predicted molar refractivity (Wildman–Crippen MR) is 75.8 cm³/mol. The summed E-state index contributed by atoms with van der Waals surface area (Å²) >= 11 is 0. The number of ether oxygens (including phenoxy) is 1. The van der Waals surface area contributed by atoms with E-state index in [0.717, 1.165) is 0 Å². The first-order chi connectivity index (χ1) is 9.23. The number of benzene rings is 1. The highest BCUT2D eigenvalue weighted by Gasteiger charge is 2.52. The largest absolute Gasteiger partial charge is 0.504 e. The molecule has 6 heteroatoms. The zero-order valence-electron chi connectivity index (χ0n) is 12.4. The fourth-order valence-electron chi connectivity index (χ4n) is 2.07. The minimum Gasteiger partial charge on any atom is -0.504 e. The Morgan fingerprint density at radius 3 is 2.20 bits per heavy atom. The maximum Gasteiger partial charge on any atom is 0.495 e. The molecule has 2 rings (SSSR count). The number of hydrogen-bond acceptors (Lipinski definition) is 5. The van der Waals surface area contributed by atoms with Gasteiger partial charge < -0.3 is 19.2 Å². The van der Waals surface area contributed by atoms with Gasteiger partial charge in [-0.15, -0.1) is 0 Å². The number of carbonyl (C=O) groups excluding carboxylic acids is 1. The highest BCUT2D eigenvalue weighted by molar-refractivity contribution is 6.63. The molecule has 1 aliphatic heterocycles. The standard InChI is InChI=1S/C14H19BO5/c1-13(2)14(3,4)20-15(19-13)10-6-7-11(18-5)12(17)9(10)8-16/h6-8,17H,1-5H3. The number of phenols is 1. The molecule has 0 spiro atoms. The lowest BCUT2D eigenvalue weighted by atomic mass is 9.76. The Hall–Kier alpha value is -1.53. The molecule has 0 unspecified atom stereocenters. The van der Waals surface area contributed by atoms with Crippen LogP contribution in [0.1, 0.15) is 38.1 Å². The van der Waals surface area contributed by atoms with Gasteiger partial charge in [-0.05, 0) is 39.2 Å². The third-order valence-electron chi connectivity index (χ3n) is 4.06. The Balaban J connectivity index is 2.45. The zero-order chi connectivity index (χ0) is 15.1. The van der Waals surface area contributed by atoms with Crippen LogP contribution in [0.5, 0.6) is 11.5 Å². The van der Waals surface area contributed by atoms with Crippen LogP contribution in [-0.4, -0.2) is 36.8 Å². The molecule has 1 aliphatic rings. The molecule has 5 nitrogen and oxygen atoms in total. The third-order valence-corrected chi connectivity index (χ3v) is 4.06. The van der Waals surface area contributed by atoms with Crippen molar-refractivity contribution < 1.29 is 23.9 Å². The lowest BCUT2D eigenvalue weighted by Gasteiger charge is -2.32. The summed E-state index contributed by atoms with van der Waals surface area (Å²) in [7, 11) is 0.731. The summed E-state index contributed by atoms with van der Waals surface area (Å²) < 4.78 is 16.8. The van der Waals surface area contributed by atoms with Crippen molar-refractivity contribution in [1.29, 1.82) is 0 Å². The number of carbonyl (C=O) groups is 1. The summed E-state index contributed by atoms with van der Waals surface area (Å²) in [6.07, 6.45) is 0.582. The summed E-state index contributed by atoms with van der Waals surface area (Å²) in [6, 6.07) is 3.26. The maximum absolute atomic E-state index is 11.3. The molecule has 1 fully saturated rings. The maximum atomic E-state index is 11.3. The molecule has 0 radical (unpaired) electrons. The van der Waals surface area contributed by atoms with Gasteiger partial charge in [-0.25, -0.2) is 0 Å². The predicted octanol–water partition coefficient (Wildman–Crippen LogP) is 1.51. The average Bonchev–Trinajstić information content (AvgIpc) is 2.58. The van der Waals surface area contributed by atoms with E-state index in [4.69, 9.17) is 14.0 Å². The van der Waals surface area contributed by atoms with Crippen molar-refractivity contribution in [2.24, 2.45) is 0 Å². The molecule has 0 saturated carbocycles. The number of aldehydes is 1. The van der Waals surface area contributed by atoms with Crippen LogP contribution in [0, 0.1) is 0 Å². The molecule has 1 aromatic rings. The van der Waals surface area contributed by atoms with Crippen LogP contribution >= 0.6 is 0 Å². The first-order valence-electron chi connectivity index (χ1n) is 6.44. The molecular formula is C14H19BO5. The molecule has 0 aromatic heterocycles. The van der Waals surface area contributed by atoms with Crippen molar-refractivity contribution in [1.82, 2.24) is 0 Å². The van der Waals surface area contributed by atoms with Crippen LogP contribution in [0.4, 0.5) is 0 Å². The van der Waals surface area contributed by atoms with Crippen molar-refractivity contribution in [3.05, 3.63) is 17.7 Å². The van der Waals surface area contributed by atoms with E-state index in [1.165, 1.54) is 7.11 Å². The number of rotatable bonds is 3. The Bertz CT molecular complexity index is 523.